The van der Waals surface area contributed by atoms with E-state index < -0.39 is 73.7 Å². The second kappa shape index (κ2) is 14.5. The van der Waals surface area contributed by atoms with Crippen molar-refractivity contribution < 1.29 is 32.4 Å². The molecular formula is C35H57N5O7S. The number of fused-ring (bicyclic) bond motifs is 1. The third kappa shape index (κ3) is 7.75. The van der Waals surface area contributed by atoms with Gasteiger partial charge in [-0.2, -0.15) is 0 Å². The first-order valence-electron chi connectivity index (χ1n) is 17.8. The lowest BCUT2D eigenvalue weighted by Crippen LogP contribution is -2.65. The molecule has 0 radical (unpaired) electrons. The predicted octanol–water partition coefficient (Wildman–Crippen LogP) is 3.01. The van der Waals surface area contributed by atoms with Gasteiger partial charge in [0, 0.05) is 13.1 Å². The van der Waals surface area contributed by atoms with Gasteiger partial charge in [0.2, 0.25) is 17.6 Å². The standard InChI is InChI=1S/C35H57N5O7S/c1-8-10-15-23(27(41)30(43)36-19-9-2)37-29(42)26-25-22(34(25,6)7)21-40(26)31(44)28(33(3,4)5)38-32(45)39-35(17-12-11-13-18-35)24-16-14-20-48(24,46)47/h9,22-26,28H,2,8,10-21H2,1,3-7H3,(H,36,43)(H,37,42)(H2,38,39,45)/t22?,23?,24-,25?,26-,28+/m0/s1. The fourth-order valence-corrected chi connectivity index (χ4v) is 10.8. The number of hydrogen-bond acceptors (Lipinski definition) is 7. The Bertz CT molecular complexity index is 1380. The number of nitrogens with one attached hydrogen (secondary N) is 4. The molecule has 2 saturated heterocycles. The van der Waals surface area contributed by atoms with E-state index in [4.69, 9.17) is 0 Å². The lowest BCUT2D eigenvalue weighted by Gasteiger charge is -2.43. The van der Waals surface area contributed by atoms with Gasteiger partial charge in [-0.1, -0.05) is 79.7 Å². The smallest absolute Gasteiger partial charge is 0.315 e. The Morgan fingerprint density at radius 3 is 2.25 bits per heavy atom. The Morgan fingerprint density at radius 1 is 1.02 bits per heavy atom. The summed E-state index contributed by atoms with van der Waals surface area (Å²) < 4.78 is 26.1. The van der Waals surface area contributed by atoms with Crippen molar-refractivity contribution >= 4 is 39.4 Å². The van der Waals surface area contributed by atoms with Gasteiger partial charge >= 0.3 is 6.03 Å². The Hall–Kier alpha value is -2.96. The summed E-state index contributed by atoms with van der Waals surface area (Å²) in [6.45, 7) is 15.6. The first kappa shape index (κ1) is 37.9. The summed E-state index contributed by atoms with van der Waals surface area (Å²) in [6, 6.07) is -3.53. The Balaban J connectivity index is 1.55. The number of rotatable bonds is 13. The number of carbonyl (C=O) groups excluding carboxylic acids is 5. The van der Waals surface area contributed by atoms with Gasteiger partial charge in [-0.25, -0.2) is 13.2 Å². The second-order valence-corrected chi connectivity index (χ2v) is 18.4. The maximum atomic E-state index is 14.4. The molecule has 3 unspecified atom stereocenters. The predicted molar refractivity (Wildman–Crippen MR) is 183 cm³/mol. The van der Waals surface area contributed by atoms with Crippen molar-refractivity contribution in [3.05, 3.63) is 12.7 Å². The molecule has 4 N–H and O–H groups in total. The summed E-state index contributed by atoms with van der Waals surface area (Å²) >= 11 is 0. The van der Waals surface area contributed by atoms with Gasteiger partial charge in [0.1, 0.15) is 12.1 Å². The highest BCUT2D eigenvalue weighted by molar-refractivity contribution is 7.92. The van der Waals surface area contributed by atoms with Gasteiger partial charge in [-0.15, -0.1) is 6.58 Å². The topological polar surface area (TPSA) is 171 Å². The summed E-state index contributed by atoms with van der Waals surface area (Å²) in [5.41, 5.74) is -1.84. The van der Waals surface area contributed by atoms with Gasteiger partial charge in [0.05, 0.1) is 22.6 Å². The molecule has 2 saturated carbocycles. The van der Waals surface area contributed by atoms with Gasteiger partial charge in [0.15, 0.2) is 9.84 Å². The van der Waals surface area contributed by atoms with E-state index >= 15 is 0 Å². The van der Waals surface area contributed by atoms with E-state index in [0.717, 1.165) is 25.7 Å². The van der Waals surface area contributed by atoms with Crippen LogP contribution in [-0.2, 0) is 29.0 Å². The van der Waals surface area contributed by atoms with E-state index in [1.165, 1.54) is 11.0 Å². The maximum Gasteiger partial charge on any atom is 0.315 e. The molecule has 2 heterocycles. The average molecular weight is 692 g/mol. The number of likely N-dealkylation sites (tertiary alicyclic amines) is 1. The van der Waals surface area contributed by atoms with Crippen LogP contribution in [0.5, 0.6) is 0 Å². The number of unbranched alkanes of at least 4 members (excludes halogenated alkanes) is 1. The van der Waals surface area contributed by atoms with Crippen molar-refractivity contribution in [2.24, 2.45) is 22.7 Å². The number of piperidine rings is 1. The van der Waals surface area contributed by atoms with Crippen molar-refractivity contribution in [2.75, 3.05) is 18.8 Å². The zero-order valence-electron chi connectivity index (χ0n) is 29.7. The molecule has 12 nitrogen and oxygen atoms in total. The summed E-state index contributed by atoms with van der Waals surface area (Å²) in [5, 5.41) is 10.6. The zero-order valence-corrected chi connectivity index (χ0v) is 30.5. The van der Waals surface area contributed by atoms with E-state index in [9.17, 15) is 32.4 Å². The molecule has 0 aromatic heterocycles. The molecule has 4 aliphatic rings. The third-order valence-electron chi connectivity index (χ3n) is 11.3. The number of nitrogens with zero attached hydrogens (tertiary/aromatic N) is 1. The van der Waals surface area contributed by atoms with E-state index in [2.05, 4.69) is 41.7 Å². The number of carbonyl (C=O) groups is 5. The highest BCUT2D eigenvalue weighted by Crippen LogP contribution is 2.65. The van der Waals surface area contributed by atoms with Crippen molar-refractivity contribution in [3.8, 4) is 0 Å². The van der Waals surface area contributed by atoms with Gasteiger partial charge in [0.25, 0.3) is 5.91 Å². The number of ketones is 1. The average Bonchev–Trinajstić information content (AvgIpc) is 3.33. The molecule has 270 valence electrons. The number of sulfone groups is 1. The molecule has 4 rings (SSSR count). The quantitative estimate of drug-likeness (QED) is 0.170. The highest BCUT2D eigenvalue weighted by atomic mass is 32.2. The Labute approximate surface area is 286 Å². The zero-order chi connectivity index (χ0) is 35.7. The minimum absolute atomic E-state index is 0.0606. The minimum atomic E-state index is -3.35. The SMILES string of the molecule is C=CCNC(=O)C(=O)C(CCCC)NC(=O)[C@@H]1C2C(CN1C(=O)[C@@H](NC(=O)NC1([C@@H]3CCCS3(=O)=O)CCCCC1)C(C)(C)C)C2(C)C. The fraction of sp³-hybridized carbons (Fsp3) is 0.800. The van der Waals surface area contributed by atoms with Gasteiger partial charge in [-0.3, -0.25) is 19.2 Å². The monoisotopic (exact) mass is 691 g/mol. The van der Waals surface area contributed by atoms with Crippen LogP contribution in [0, 0.1) is 22.7 Å². The first-order chi connectivity index (χ1) is 22.4. The van der Waals surface area contributed by atoms with E-state index in [1.54, 1.807) is 0 Å². The molecule has 4 fully saturated rings. The summed E-state index contributed by atoms with van der Waals surface area (Å²) in [6.07, 6.45) is 7.93. The van der Waals surface area contributed by atoms with Crippen LogP contribution in [0.2, 0.25) is 0 Å². The molecule has 0 aromatic rings. The molecule has 2 aliphatic carbocycles. The van der Waals surface area contributed by atoms with Crippen LogP contribution in [0.25, 0.3) is 0 Å². The molecule has 0 aromatic carbocycles. The lowest BCUT2D eigenvalue weighted by molar-refractivity contribution is -0.145. The van der Waals surface area contributed by atoms with E-state index in [-0.39, 0.29) is 36.0 Å². The van der Waals surface area contributed by atoms with Crippen LogP contribution in [0.4, 0.5) is 4.79 Å². The number of urea groups is 1. The van der Waals surface area contributed by atoms with E-state index in [1.807, 2.05) is 27.7 Å². The third-order valence-corrected chi connectivity index (χ3v) is 13.7. The summed E-state index contributed by atoms with van der Waals surface area (Å²) in [5.74, 6) is -2.41. The molecule has 48 heavy (non-hydrogen) atoms. The van der Waals surface area contributed by atoms with Crippen molar-refractivity contribution in [1.82, 2.24) is 26.2 Å². The van der Waals surface area contributed by atoms with Crippen molar-refractivity contribution in [3.63, 3.8) is 0 Å². The van der Waals surface area contributed by atoms with Crippen LogP contribution in [-0.4, -0.2) is 90.6 Å². The lowest BCUT2D eigenvalue weighted by atomic mass is 9.78. The van der Waals surface area contributed by atoms with Gasteiger partial charge in [-0.05, 0) is 54.8 Å². The molecule has 0 spiro atoms. The first-order valence-corrected chi connectivity index (χ1v) is 19.5. The largest absolute Gasteiger partial charge is 0.346 e. The highest BCUT2D eigenvalue weighted by Gasteiger charge is 2.70. The number of amides is 5. The molecule has 6 atom stereocenters. The van der Waals surface area contributed by atoms with Crippen LogP contribution in [0.1, 0.15) is 106 Å². The molecule has 0 bridgehead atoms. The minimum Gasteiger partial charge on any atom is -0.346 e. The Morgan fingerprint density at radius 2 is 1.69 bits per heavy atom. The number of Topliss-reactive ketones (excluding diaryl/α,β-unsaturated/α-hetero) is 1. The number of hydrogen-bond donors (Lipinski definition) is 4. The second-order valence-electron chi connectivity index (χ2n) is 16.1. The van der Waals surface area contributed by atoms with Crippen LogP contribution in [0.3, 0.4) is 0 Å². The van der Waals surface area contributed by atoms with Crippen LogP contribution < -0.4 is 21.3 Å². The molecular weight excluding hydrogens is 634 g/mol. The van der Waals surface area contributed by atoms with Gasteiger partial charge < -0.3 is 26.2 Å². The van der Waals surface area contributed by atoms with Crippen molar-refractivity contribution in [1.29, 1.82) is 0 Å². The van der Waals surface area contributed by atoms with Crippen molar-refractivity contribution in [2.45, 2.75) is 135 Å². The normalized spacial score (nSPS) is 27.9. The maximum absolute atomic E-state index is 14.4. The fourth-order valence-electron chi connectivity index (χ4n) is 8.49. The molecule has 5 amide bonds. The van der Waals surface area contributed by atoms with Crippen LogP contribution in [0.15, 0.2) is 12.7 Å². The molecule has 2 aliphatic heterocycles. The summed E-state index contributed by atoms with van der Waals surface area (Å²) in [7, 11) is -3.35. The van der Waals surface area contributed by atoms with Crippen LogP contribution >= 0.6 is 0 Å². The Kier molecular flexibility index (Phi) is 11.4. The van der Waals surface area contributed by atoms with E-state index in [0.29, 0.717) is 38.6 Å². The molecule has 13 heteroatoms. The summed E-state index contributed by atoms with van der Waals surface area (Å²) in [4.78, 5) is 69.4.